The maximum atomic E-state index is 11.7. The van der Waals surface area contributed by atoms with E-state index in [1.165, 1.54) is 5.56 Å². The van der Waals surface area contributed by atoms with E-state index in [1.807, 2.05) is 18.0 Å². The van der Waals surface area contributed by atoms with Gasteiger partial charge in [0.05, 0.1) is 17.9 Å². The van der Waals surface area contributed by atoms with Gasteiger partial charge in [-0.2, -0.15) is 0 Å². The summed E-state index contributed by atoms with van der Waals surface area (Å²) in [5.41, 5.74) is 4.40. The van der Waals surface area contributed by atoms with Crippen LogP contribution in [-0.4, -0.2) is 38.8 Å². The van der Waals surface area contributed by atoms with Crippen molar-refractivity contribution in [2.24, 2.45) is 0 Å². The number of rotatable bonds is 4. The summed E-state index contributed by atoms with van der Waals surface area (Å²) in [6, 6.07) is 4.16. The van der Waals surface area contributed by atoms with Gasteiger partial charge < -0.3 is 10.2 Å². The van der Waals surface area contributed by atoms with Crippen molar-refractivity contribution in [1.29, 1.82) is 0 Å². The number of nitrogens with one attached hydrogen (secondary N) is 1. The minimum atomic E-state index is 0.118. The van der Waals surface area contributed by atoms with Crippen LogP contribution in [0, 0.1) is 6.92 Å². The molecule has 132 valence electrons. The number of amides is 1. The fraction of sp³-hybridized carbons (Fsp3) is 0.474. The van der Waals surface area contributed by atoms with Gasteiger partial charge >= 0.3 is 0 Å². The molecule has 3 rings (SSSR count). The number of nitrogens with zero attached hydrogens (tertiary/aromatic N) is 4. The van der Waals surface area contributed by atoms with Crippen molar-refractivity contribution in [1.82, 2.24) is 19.9 Å². The standard InChI is InChI=1S/C19H25N5O/c1-4-15-5-6-16(20-11-15)12-21-19-17-7-9-24(14(3)25)10-8-18(17)22-13(2)23-19/h5-6,11H,4,7-10,12H2,1-3H3,(H,21,22,23). The molecule has 0 saturated heterocycles. The van der Waals surface area contributed by atoms with Crippen molar-refractivity contribution < 1.29 is 4.79 Å². The van der Waals surface area contributed by atoms with Crippen molar-refractivity contribution in [3.05, 3.63) is 46.7 Å². The molecule has 0 saturated carbocycles. The maximum Gasteiger partial charge on any atom is 0.219 e. The Balaban J connectivity index is 1.77. The highest BCUT2D eigenvalue weighted by atomic mass is 16.2. The van der Waals surface area contributed by atoms with Crippen LogP contribution in [0.25, 0.3) is 0 Å². The number of aryl methyl sites for hydroxylation is 2. The van der Waals surface area contributed by atoms with E-state index in [0.717, 1.165) is 54.4 Å². The lowest BCUT2D eigenvalue weighted by Crippen LogP contribution is -2.31. The first-order chi connectivity index (χ1) is 12.1. The smallest absolute Gasteiger partial charge is 0.219 e. The molecule has 2 aromatic heterocycles. The van der Waals surface area contributed by atoms with Gasteiger partial charge in [0, 0.05) is 38.2 Å². The van der Waals surface area contributed by atoms with Crippen LogP contribution in [0.2, 0.25) is 0 Å². The zero-order chi connectivity index (χ0) is 17.8. The third-order valence-electron chi connectivity index (χ3n) is 4.63. The van der Waals surface area contributed by atoms with E-state index in [2.05, 4.69) is 39.3 Å². The third-order valence-corrected chi connectivity index (χ3v) is 4.63. The van der Waals surface area contributed by atoms with Crippen molar-refractivity contribution in [2.75, 3.05) is 18.4 Å². The number of hydrogen-bond donors (Lipinski definition) is 1. The highest BCUT2D eigenvalue weighted by Gasteiger charge is 2.20. The summed E-state index contributed by atoms with van der Waals surface area (Å²) in [6.07, 6.45) is 4.47. The minimum Gasteiger partial charge on any atom is -0.364 e. The number of hydrogen-bond acceptors (Lipinski definition) is 5. The Morgan fingerprint density at radius 1 is 1.24 bits per heavy atom. The fourth-order valence-corrected chi connectivity index (χ4v) is 3.13. The number of pyridine rings is 1. The van der Waals surface area contributed by atoms with E-state index >= 15 is 0 Å². The third kappa shape index (κ3) is 4.13. The molecule has 0 radical (unpaired) electrons. The normalized spacial score (nSPS) is 14.0. The first-order valence-electron chi connectivity index (χ1n) is 8.86. The van der Waals surface area contributed by atoms with Crippen molar-refractivity contribution in [3.8, 4) is 0 Å². The van der Waals surface area contributed by atoms with Gasteiger partial charge in [-0.15, -0.1) is 0 Å². The van der Waals surface area contributed by atoms with Crippen LogP contribution in [-0.2, 0) is 30.6 Å². The Morgan fingerprint density at radius 3 is 2.72 bits per heavy atom. The highest BCUT2D eigenvalue weighted by Crippen LogP contribution is 2.22. The quantitative estimate of drug-likeness (QED) is 0.925. The molecule has 0 spiro atoms. The molecular weight excluding hydrogens is 314 g/mol. The molecule has 25 heavy (non-hydrogen) atoms. The Hall–Kier alpha value is -2.50. The van der Waals surface area contributed by atoms with Gasteiger partial charge in [-0.25, -0.2) is 9.97 Å². The second-order valence-corrected chi connectivity index (χ2v) is 6.42. The lowest BCUT2D eigenvalue weighted by molar-refractivity contribution is -0.128. The van der Waals surface area contributed by atoms with Crippen molar-refractivity contribution in [2.45, 2.75) is 46.6 Å². The molecule has 0 bridgehead atoms. The Kier molecular flexibility index (Phi) is 5.26. The number of aromatic nitrogens is 3. The molecule has 1 aliphatic rings. The number of carbonyl (C=O) groups is 1. The summed E-state index contributed by atoms with van der Waals surface area (Å²) < 4.78 is 0. The van der Waals surface area contributed by atoms with Crippen LogP contribution in [0.15, 0.2) is 18.3 Å². The van der Waals surface area contributed by atoms with E-state index in [1.54, 1.807) is 6.92 Å². The molecule has 2 aromatic rings. The predicted molar refractivity (Wildman–Crippen MR) is 97.4 cm³/mol. The second kappa shape index (κ2) is 7.59. The molecule has 0 unspecified atom stereocenters. The molecule has 1 N–H and O–H groups in total. The van der Waals surface area contributed by atoms with Gasteiger partial charge in [-0.1, -0.05) is 13.0 Å². The van der Waals surface area contributed by atoms with Gasteiger partial charge in [-0.05, 0) is 31.4 Å². The minimum absolute atomic E-state index is 0.118. The lowest BCUT2D eigenvalue weighted by atomic mass is 10.1. The molecule has 6 heteroatoms. The Bertz CT molecular complexity index is 757. The first-order valence-corrected chi connectivity index (χ1v) is 8.86. The van der Waals surface area contributed by atoms with Crippen LogP contribution in [0.5, 0.6) is 0 Å². The molecule has 0 aromatic carbocycles. The topological polar surface area (TPSA) is 71.0 Å². The van der Waals surface area contributed by atoms with Gasteiger partial charge in [0.15, 0.2) is 0 Å². The number of fused-ring (bicyclic) bond motifs is 1. The van der Waals surface area contributed by atoms with E-state index in [9.17, 15) is 4.79 Å². The maximum absolute atomic E-state index is 11.7. The van der Waals surface area contributed by atoms with Gasteiger partial charge in [0.1, 0.15) is 11.6 Å². The largest absolute Gasteiger partial charge is 0.364 e. The average molecular weight is 339 g/mol. The number of anilines is 1. The molecule has 0 fully saturated rings. The zero-order valence-corrected chi connectivity index (χ0v) is 15.2. The van der Waals surface area contributed by atoms with Crippen molar-refractivity contribution in [3.63, 3.8) is 0 Å². The fourth-order valence-electron chi connectivity index (χ4n) is 3.13. The van der Waals surface area contributed by atoms with E-state index in [0.29, 0.717) is 13.1 Å². The predicted octanol–water partition coefficient (Wildman–Crippen LogP) is 2.30. The SMILES string of the molecule is CCc1ccc(CNc2nc(C)nc3c2CCN(C(C)=O)CC3)nc1. The second-order valence-electron chi connectivity index (χ2n) is 6.42. The summed E-state index contributed by atoms with van der Waals surface area (Å²) >= 11 is 0. The monoisotopic (exact) mass is 339 g/mol. The van der Waals surface area contributed by atoms with Crippen molar-refractivity contribution >= 4 is 11.7 Å². The Labute approximate surface area is 148 Å². The Morgan fingerprint density at radius 2 is 2.04 bits per heavy atom. The van der Waals surface area contributed by atoms with E-state index < -0.39 is 0 Å². The van der Waals surface area contributed by atoms with Crippen LogP contribution in [0.3, 0.4) is 0 Å². The van der Waals surface area contributed by atoms with Crippen LogP contribution in [0.4, 0.5) is 5.82 Å². The summed E-state index contributed by atoms with van der Waals surface area (Å²) in [4.78, 5) is 27.3. The summed E-state index contributed by atoms with van der Waals surface area (Å²) in [5, 5.41) is 3.42. The molecule has 1 amide bonds. The molecule has 0 atom stereocenters. The summed E-state index contributed by atoms with van der Waals surface area (Å²) in [5.74, 6) is 1.74. The summed E-state index contributed by atoms with van der Waals surface area (Å²) in [7, 11) is 0. The average Bonchev–Trinajstić information content (AvgIpc) is 2.82. The highest BCUT2D eigenvalue weighted by molar-refractivity contribution is 5.73. The molecule has 6 nitrogen and oxygen atoms in total. The van der Waals surface area contributed by atoms with Crippen LogP contribution >= 0.6 is 0 Å². The molecule has 0 aliphatic carbocycles. The lowest BCUT2D eigenvalue weighted by Gasteiger charge is -2.17. The molecule has 3 heterocycles. The first kappa shape index (κ1) is 17.3. The van der Waals surface area contributed by atoms with Crippen LogP contribution < -0.4 is 5.32 Å². The van der Waals surface area contributed by atoms with E-state index in [4.69, 9.17) is 0 Å². The van der Waals surface area contributed by atoms with Gasteiger partial charge in [0.2, 0.25) is 5.91 Å². The van der Waals surface area contributed by atoms with Crippen LogP contribution in [0.1, 0.15) is 42.2 Å². The summed E-state index contributed by atoms with van der Waals surface area (Å²) in [6.45, 7) is 7.72. The molecular formula is C19H25N5O. The number of carbonyl (C=O) groups excluding carboxylic acids is 1. The van der Waals surface area contributed by atoms with Gasteiger partial charge in [-0.3, -0.25) is 9.78 Å². The van der Waals surface area contributed by atoms with E-state index in [-0.39, 0.29) is 5.91 Å². The zero-order valence-electron chi connectivity index (χ0n) is 15.2. The molecule has 1 aliphatic heterocycles. The van der Waals surface area contributed by atoms with Gasteiger partial charge in [0.25, 0.3) is 0 Å².